The second-order valence-electron chi connectivity index (χ2n) is 2.84. The number of nitrogens with two attached hydrogens (primary N) is 2. The van der Waals surface area contributed by atoms with Crippen LogP contribution in [0.25, 0.3) is 0 Å². The Labute approximate surface area is 119 Å². The zero-order valence-electron chi connectivity index (χ0n) is 10.6. The predicted octanol–water partition coefficient (Wildman–Crippen LogP) is -3.23. The number of unbranched alkanes of at least 4 members (excludes halogenated alkanes) is 1. The fraction of sp³-hybridized carbons (Fsp3) is 0.600. The number of allylic oxidation sites excluding steroid dienone is 1. The molecule has 5 nitrogen and oxygen atoms in total. The molecule has 0 heterocycles. The van der Waals surface area contributed by atoms with Crippen molar-refractivity contribution in [1.82, 2.24) is 0 Å². The zero-order valence-corrected chi connectivity index (χ0v) is 12.6. The largest absolute Gasteiger partial charge is 1.00 e. The average Bonchev–Trinajstić information content (AvgIpc) is 2.18. The molecule has 0 saturated heterocycles. The van der Waals surface area contributed by atoms with Crippen molar-refractivity contribution >= 4 is 11.9 Å². The van der Waals surface area contributed by atoms with Gasteiger partial charge >= 0.3 is 29.6 Å². The topological polar surface area (TPSA) is 105 Å². The molecule has 0 radical (unpaired) electrons. The molecular weight excluding hydrogens is 217 g/mol. The first-order valence-corrected chi connectivity index (χ1v) is 4.91. The minimum Gasteiger partial charge on any atom is -0.545 e. The number of hydrogen-bond acceptors (Lipinski definition) is 3. The Balaban J connectivity index is -0.000000292. The maximum Gasteiger partial charge on any atom is 1.00 e. The summed E-state index contributed by atoms with van der Waals surface area (Å²) >= 11 is 0. The zero-order chi connectivity index (χ0) is 12.3. The monoisotopic (exact) mass is 237 g/mol. The summed E-state index contributed by atoms with van der Waals surface area (Å²) < 4.78 is 0. The van der Waals surface area contributed by atoms with Gasteiger partial charge in [0.2, 0.25) is 0 Å². The molecule has 0 rings (SSSR count). The molecule has 0 unspecified atom stereocenters. The van der Waals surface area contributed by atoms with Crippen LogP contribution < -0.4 is 46.1 Å². The molecule has 0 fully saturated rings. The van der Waals surface area contributed by atoms with E-state index in [0.717, 1.165) is 0 Å². The van der Waals surface area contributed by atoms with Gasteiger partial charge in [-0.3, -0.25) is 0 Å². The van der Waals surface area contributed by atoms with Crippen LogP contribution in [0.2, 0.25) is 0 Å². The van der Waals surface area contributed by atoms with Crippen molar-refractivity contribution in [1.29, 1.82) is 0 Å². The first-order valence-electron chi connectivity index (χ1n) is 4.91. The SMILES string of the molecule is C/C=C(\CN=C(N)N)C(=O)[O-].CCCC.[Na+]. The van der Waals surface area contributed by atoms with E-state index in [4.69, 9.17) is 11.5 Å². The molecule has 4 N–H and O–H groups in total. The van der Waals surface area contributed by atoms with E-state index in [1.54, 1.807) is 6.92 Å². The van der Waals surface area contributed by atoms with E-state index in [-0.39, 0.29) is 47.6 Å². The third-order valence-electron chi connectivity index (χ3n) is 1.54. The fourth-order valence-corrected chi connectivity index (χ4v) is 0.450. The van der Waals surface area contributed by atoms with Crippen LogP contribution in [-0.2, 0) is 4.79 Å². The van der Waals surface area contributed by atoms with Gasteiger partial charge in [0.25, 0.3) is 0 Å². The molecule has 16 heavy (non-hydrogen) atoms. The summed E-state index contributed by atoms with van der Waals surface area (Å²) in [6.45, 7) is 5.90. The quantitative estimate of drug-likeness (QED) is 0.232. The first-order chi connectivity index (χ1) is 6.99. The summed E-state index contributed by atoms with van der Waals surface area (Å²) in [4.78, 5) is 13.7. The fourth-order valence-electron chi connectivity index (χ4n) is 0.450. The Morgan fingerprint density at radius 1 is 1.31 bits per heavy atom. The number of aliphatic carboxylic acids is 1. The summed E-state index contributed by atoms with van der Waals surface area (Å²) in [5, 5.41) is 10.2. The smallest absolute Gasteiger partial charge is 0.545 e. The minimum absolute atomic E-state index is 0. The number of aliphatic imine (C=N–C) groups is 1. The van der Waals surface area contributed by atoms with E-state index in [0.29, 0.717) is 0 Å². The van der Waals surface area contributed by atoms with Gasteiger partial charge < -0.3 is 21.4 Å². The van der Waals surface area contributed by atoms with Gasteiger partial charge in [0.15, 0.2) is 5.96 Å². The van der Waals surface area contributed by atoms with Crippen molar-refractivity contribution in [3.05, 3.63) is 11.6 Å². The summed E-state index contributed by atoms with van der Waals surface area (Å²) in [6, 6.07) is 0. The molecule has 0 aromatic rings. The van der Waals surface area contributed by atoms with Crippen molar-refractivity contribution < 1.29 is 39.5 Å². The van der Waals surface area contributed by atoms with Crippen LogP contribution >= 0.6 is 0 Å². The normalized spacial score (nSPS) is 9.31. The van der Waals surface area contributed by atoms with E-state index < -0.39 is 5.97 Å². The van der Waals surface area contributed by atoms with Crippen LogP contribution in [0.5, 0.6) is 0 Å². The molecule has 0 aromatic carbocycles. The third-order valence-corrected chi connectivity index (χ3v) is 1.54. The van der Waals surface area contributed by atoms with Gasteiger partial charge in [0, 0.05) is 0 Å². The maximum absolute atomic E-state index is 10.2. The van der Waals surface area contributed by atoms with Crippen molar-refractivity contribution in [2.24, 2.45) is 16.5 Å². The maximum atomic E-state index is 10.2. The number of rotatable bonds is 4. The van der Waals surface area contributed by atoms with Crippen LogP contribution in [0, 0.1) is 0 Å². The van der Waals surface area contributed by atoms with Crippen molar-refractivity contribution in [2.45, 2.75) is 33.6 Å². The second kappa shape index (κ2) is 14.5. The standard InChI is InChI=1S/C6H11N3O2.C4H10.Na/c1-2-4(5(10)11)3-9-6(7)8;1-3-4-2;/h2H,3H2,1H3,(H,10,11)(H4,7,8,9);3-4H2,1-2H3;/q;;+1/p-1/b4-2+;;. The van der Waals surface area contributed by atoms with Gasteiger partial charge in [-0.1, -0.05) is 32.8 Å². The molecular formula is C10H20N3NaO2. The van der Waals surface area contributed by atoms with Crippen molar-refractivity contribution in [3.8, 4) is 0 Å². The summed E-state index contributed by atoms with van der Waals surface area (Å²) in [5.74, 6) is -1.39. The molecule has 88 valence electrons. The van der Waals surface area contributed by atoms with E-state index in [9.17, 15) is 9.90 Å². The molecule has 0 aromatic heterocycles. The van der Waals surface area contributed by atoms with E-state index in [1.165, 1.54) is 18.9 Å². The Morgan fingerprint density at radius 2 is 1.75 bits per heavy atom. The molecule has 0 bridgehead atoms. The van der Waals surface area contributed by atoms with E-state index >= 15 is 0 Å². The van der Waals surface area contributed by atoms with Gasteiger partial charge in [0.1, 0.15) is 0 Å². The van der Waals surface area contributed by atoms with E-state index in [1.807, 2.05) is 0 Å². The number of hydrogen-bond donors (Lipinski definition) is 2. The van der Waals surface area contributed by atoms with Gasteiger partial charge in [-0.2, -0.15) is 0 Å². The van der Waals surface area contributed by atoms with Crippen LogP contribution in [0.1, 0.15) is 33.6 Å². The number of guanidine groups is 1. The Morgan fingerprint density at radius 3 is 1.94 bits per heavy atom. The van der Waals surface area contributed by atoms with E-state index in [2.05, 4.69) is 18.8 Å². The molecule has 0 spiro atoms. The van der Waals surface area contributed by atoms with Crippen LogP contribution in [0.3, 0.4) is 0 Å². The predicted molar refractivity (Wildman–Crippen MR) is 60.0 cm³/mol. The van der Waals surface area contributed by atoms with Crippen LogP contribution in [-0.4, -0.2) is 18.5 Å². The number of carbonyl (C=O) groups excluding carboxylic acids is 1. The van der Waals surface area contributed by atoms with Gasteiger partial charge in [-0.25, -0.2) is 4.99 Å². The third kappa shape index (κ3) is 15.9. The number of carboxylic acids is 1. The molecule has 0 aliphatic rings. The number of carboxylic acid groups (broad SMARTS) is 1. The van der Waals surface area contributed by atoms with Gasteiger partial charge in [-0.05, 0) is 12.5 Å². The van der Waals surface area contributed by atoms with Crippen LogP contribution in [0.4, 0.5) is 0 Å². The molecule has 0 atom stereocenters. The first kappa shape index (κ1) is 20.8. The second-order valence-corrected chi connectivity index (χ2v) is 2.84. The van der Waals surface area contributed by atoms with Crippen molar-refractivity contribution in [3.63, 3.8) is 0 Å². The molecule has 0 saturated carbocycles. The average molecular weight is 237 g/mol. The molecule has 0 amide bonds. The summed E-state index contributed by atoms with van der Waals surface area (Å²) in [7, 11) is 0. The number of carbonyl (C=O) groups is 1. The molecule has 0 aliphatic heterocycles. The Bertz CT molecular complexity index is 234. The summed E-state index contributed by atoms with van der Waals surface area (Å²) in [6.07, 6.45) is 4.03. The minimum atomic E-state index is -1.25. The Kier molecular flexibility index (Phi) is 18.9. The summed E-state index contributed by atoms with van der Waals surface area (Å²) in [5.41, 5.74) is 10.0. The molecule has 0 aliphatic carbocycles. The van der Waals surface area contributed by atoms with Crippen LogP contribution in [0.15, 0.2) is 16.6 Å². The van der Waals surface area contributed by atoms with Gasteiger partial charge in [0.05, 0.1) is 12.5 Å². The van der Waals surface area contributed by atoms with Crippen molar-refractivity contribution in [2.75, 3.05) is 6.54 Å². The number of nitrogens with zero attached hydrogens (tertiary/aromatic N) is 1. The van der Waals surface area contributed by atoms with Gasteiger partial charge in [-0.15, -0.1) is 0 Å². The Hall–Kier alpha value is -0.520. The molecule has 6 heteroatoms.